The van der Waals surface area contributed by atoms with Crippen LogP contribution in [0.4, 0.5) is 26.4 Å². The van der Waals surface area contributed by atoms with Gasteiger partial charge in [0.1, 0.15) is 17.0 Å². The number of hydrogen-bond acceptors (Lipinski definition) is 8. The minimum Gasteiger partial charge on any atom is -0.355 e. The number of piperidine rings is 1. The van der Waals surface area contributed by atoms with E-state index in [0.29, 0.717) is 23.6 Å². The van der Waals surface area contributed by atoms with Crippen LogP contribution in [0.5, 0.6) is 0 Å². The Labute approximate surface area is 223 Å². The smallest absolute Gasteiger partial charge is 0.229 e. The summed E-state index contributed by atoms with van der Waals surface area (Å²) in [6, 6.07) is 6.59. The second-order valence-corrected chi connectivity index (χ2v) is 10.6. The summed E-state index contributed by atoms with van der Waals surface area (Å²) in [5, 5.41) is 14.7. The Balaban J connectivity index is 1.21. The molecule has 0 atom stereocenters. The van der Waals surface area contributed by atoms with E-state index in [9.17, 15) is 13.6 Å². The van der Waals surface area contributed by atoms with Crippen LogP contribution < -0.4 is 15.5 Å². The summed E-state index contributed by atoms with van der Waals surface area (Å²) in [7, 11) is 0. The zero-order valence-corrected chi connectivity index (χ0v) is 22.0. The van der Waals surface area contributed by atoms with Crippen molar-refractivity contribution >= 4 is 34.5 Å². The first-order chi connectivity index (χ1) is 18.7. The minimum absolute atomic E-state index is 0.0340. The first-order valence-electron chi connectivity index (χ1n) is 13.1. The molecule has 5 heterocycles. The second-order valence-electron chi connectivity index (χ2n) is 10.6. The van der Waals surface area contributed by atoms with Crippen molar-refractivity contribution in [3.63, 3.8) is 0 Å². The average molecular weight is 534 g/mol. The summed E-state index contributed by atoms with van der Waals surface area (Å²) in [5.74, 6) is 0.835. The molecule has 0 bridgehead atoms. The maximum Gasteiger partial charge on any atom is 0.229 e. The lowest BCUT2D eigenvalue weighted by atomic mass is 9.86. The molecule has 2 fully saturated rings. The van der Waals surface area contributed by atoms with Gasteiger partial charge in [-0.3, -0.25) is 4.79 Å². The van der Waals surface area contributed by atoms with Gasteiger partial charge >= 0.3 is 0 Å². The zero-order valence-electron chi connectivity index (χ0n) is 22.0. The molecular formula is C27H29F2N9O. The highest BCUT2D eigenvalue weighted by Gasteiger charge is 2.40. The lowest BCUT2D eigenvalue weighted by molar-refractivity contribution is -0.119. The van der Waals surface area contributed by atoms with Crippen molar-refractivity contribution in [2.45, 2.75) is 58.0 Å². The number of aryl methyl sites for hydroxylation is 1. The molecule has 12 heteroatoms. The first-order valence-corrected chi connectivity index (χ1v) is 13.1. The van der Waals surface area contributed by atoms with Crippen molar-refractivity contribution in [1.29, 1.82) is 0 Å². The van der Waals surface area contributed by atoms with Gasteiger partial charge in [0.2, 0.25) is 11.9 Å². The summed E-state index contributed by atoms with van der Waals surface area (Å²) in [6.07, 6.45) is 4.27. The highest BCUT2D eigenvalue weighted by molar-refractivity contribution is 5.83. The number of benzene rings is 1. The fraction of sp³-hybridized carbons (Fsp3) is 0.407. The van der Waals surface area contributed by atoms with Gasteiger partial charge in [0, 0.05) is 36.7 Å². The molecule has 1 aromatic carbocycles. The molecule has 2 aliphatic rings. The van der Waals surface area contributed by atoms with E-state index in [1.165, 1.54) is 6.07 Å². The number of carbonyl (C=O) groups excluding carboxylic acids is 1. The highest BCUT2D eigenvalue weighted by Crippen LogP contribution is 2.33. The third kappa shape index (κ3) is 4.64. The molecule has 0 saturated carbocycles. The maximum atomic E-state index is 15.0. The van der Waals surface area contributed by atoms with Crippen molar-refractivity contribution in [2.24, 2.45) is 0 Å². The molecule has 1 amide bonds. The van der Waals surface area contributed by atoms with E-state index in [1.54, 1.807) is 12.1 Å². The quantitative estimate of drug-likeness (QED) is 0.387. The fourth-order valence-electron chi connectivity index (χ4n) is 5.67. The second kappa shape index (κ2) is 9.51. The van der Waals surface area contributed by atoms with Crippen LogP contribution >= 0.6 is 0 Å². The normalized spacial score (nSPS) is 16.9. The summed E-state index contributed by atoms with van der Waals surface area (Å²) in [5.41, 5.74) is 0.983. The van der Waals surface area contributed by atoms with Crippen LogP contribution in [0.3, 0.4) is 0 Å². The SMILES string of the molecule is Cc1nc2c(F)cc(-c3nc(Nc4ccc(N5CCC6(CCC(=O)N6)CC5)nn4)ncc3F)cc2n1C(C)C. The molecule has 4 aromatic rings. The number of hydrogen-bond donors (Lipinski definition) is 2. The molecule has 2 aliphatic heterocycles. The van der Waals surface area contributed by atoms with Crippen LogP contribution in [0.2, 0.25) is 0 Å². The van der Waals surface area contributed by atoms with E-state index >= 15 is 0 Å². The molecule has 1 spiro atoms. The number of amides is 1. The molecule has 2 saturated heterocycles. The van der Waals surface area contributed by atoms with Crippen LogP contribution in [0.15, 0.2) is 30.5 Å². The summed E-state index contributed by atoms with van der Waals surface area (Å²) in [6.45, 7) is 7.34. The molecule has 0 radical (unpaired) electrons. The Morgan fingerprint density at radius 3 is 2.51 bits per heavy atom. The number of halogens is 2. The highest BCUT2D eigenvalue weighted by atomic mass is 19.1. The van der Waals surface area contributed by atoms with E-state index in [0.717, 1.165) is 44.4 Å². The van der Waals surface area contributed by atoms with E-state index in [1.807, 2.05) is 31.4 Å². The van der Waals surface area contributed by atoms with Gasteiger partial charge in [0.25, 0.3) is 0 Å². The molecule has 6 rings (SSSR count). The minimum atomic E-state index is -0.672. The van der Waals surface area contributed by atoms with Gasteiger partial charge in [0.05, 0.1) is 11.7 Å². The molecule has 0 unspecified atom stereocenters. The van der Waals surface area contributed by atoms with E-state index < -0.39 is 11.6 Å². The maximum absolute atomic E-state index is 15.0. The van der Waals surface area contributed by atoms with Crippen molar-refractivity contribution < 1.29 is 13.6 Å². The first kappa shape index (κ1) is 25.1. The molecule has 3 aromatic heterocycles. The van der Waals surface area contributed by atoms with Crippen molar-refractivity contribution in [3.8, 4) is 11.3 Å². The molecule has 202 valence electrons. The predicted molar refractivity (Wildman–Crippen MR) is 143 cm³/mol. The van der Waals surface area contributed by atoms with Crippen LogP contribution in [0.1, 0.15) is 51.4 Å². The Morgan fingerprint density at radius 1 is 1.05 bits per heavy atom. The van der Waals surface area contributed by atoms with Gasteiger partial charge in [-0.1, -0.05) is 0 Å². The standard InChI is InChI=1S/C27H29F2N9O/c1-15(2)38-16(3)31-25-18(28)12-17(13-20(25)38)24-19(29)14-30-26(33-24)32-21-4-5-22(36-35-21)37-10-8-27(9-11-37)7-6-23(39)34-27/h4-5,12-15H,6-11H2,1-3H3,(H,34,39)(H,30,32,33,35). The molecular weight excluding hydrogens is 504 g/mol. The predicted octanol–water partition coefficient (Wildman–Crippen LogP) is 4.44. The van der Waals surface area contributed by atoms with Crippen molar-refractivity contribution in [3.05, 3.63) is 47.9 Å². The number of nitrogens with one attached hydrogen (secondary N) is 2. The van der Waals surface area contributed by atoms with Gasteiger partial charge in [-0.25, -0.2) is 23.7 Å². The zero-order chi connectivity index (χ0) is 27.3. The van der Waals surface area contributed by atoms with Gasteiger partial charge in [0.15, 0.2) is 23.3 Å². The molecule has 2 N–H and O–H groups in total. The monoisotopic (exact) mass is 533 g/mol. The molecule has 39 heavy (non-hydrogen) atoms. The Bertz CT molecular complexity index is 1560. The lowest BCUT2D eigenvalue weighted by Gasteiger charge is -2.39. The van der Waals surface area contributed by atoms with Gasteiger partial charge in [-0.05, 0) is 64.3 Å². The topological polar surface area (TPSA) is 114 Å². The van der Waals surface area contributed by atoms with Gasteiger partial charge in [-0.15, -0.1) is 10.2 Å². The third-order valence-electron chi connectivity index (χ3n) is 7.63. The Morgan fingerprint density at radius 2 is 1.85 bits per heavy atom. The van der Waals surface area contributed by atoms with Crippen molar-refractivity contribution in [1.82, 2.24) is 35.0 Å². The number of rotatable bonds is 5. The van der Waals surface area contributed by atoms with E-state index in [4.69, 9.17) is 0 Å². The lowest BCUT2D eigenvalue weighted by Crippen LogP contribution is -2.51. The number of carbonyl (C=O) groups is 1. The Hall–Kier alpha value is -4.22. The van der Waals surface area contributed by atoms with Crippen LogP contribution in [0, 0.1) is 18.6 Å². The largest absolute Gasteiger partial charge is 0.355 e. The number of nitrogens with zero attached hydrogens (tertiary/aromatic N) is 7. The number of fused-ring (bicyclic) bond motifs is 1. The van der Waals surface area contributed by atoms with E-state index in [2.05, 4.69) is 40.7 Å². The number of imidazole rings is 1. The van der Waals surface area contributed by atoms with Crippen molar-refractivity contribution in [2.75, 3.05) is 23.3 Å². The summed E-state index contributed by atoms with van der Waals surface area (Å²) >= 11 is 0. The van der Waals surface area contributed by atoms with Gasteiger partial charge in [-0.2, -0.15) is 0 Å². The summed E-state index contributed by atoms with van der Waals surface area (Å²) in [4.78, 5) is 26.5. The average Bonchev–Trinajstić information content (AvgIpc) is 3.45. The Kier molecular flexibility index (Phi) is 6.12. The number of aromatic nitrogens is 6. The number of anilines is 3. The summed E-state index contributed by atoms with van der Waals surface area (Å²) < 4.78 is 31.7. The molecule has 10 nitrogen and oxygen atoms in total. The molecule has 0 aliphatic carbocycles. The van der Waals surface area contributed by atoms with Crippen LogP contribution in [-0.2, 0) is 4.79 Å². The van der Waals surface area contributed by atoms with Crippen LogP contribution in [0.25, 0.3) is 22.3 Å². The fourth-order valence-corrected chi connectivity index (χ4v) is 5.67. The van der Waals surface area contributed by atoms with E-state index in [-0.39, 0.29) is 40.2 Å². The van der Waals surface area contributed by atoms with Gasteiger partial charge < -0.3 is 20.1 Å². The third-order valence-corrected chi connectivity index (χ3v) is 7.63. The van der Waals surface area contributed by atoms with Crippen LogP contribution in [-0.4, -0.2) is 54.3 Å².